The van der Waals surface area contributed by atoms with Crippen molar-refractivity contribution < 1.29 is 4.74 Å². The number of nitrogens with zero attached hydrogens (tertiary/aromatic N) is 1. The highest BCUT2D eigenvalue weighted by Gasteiger charge is 2.07. The summed E-state index contributed by atoms with van der Waals surface area (Å²) in [6.45, 7) is 0. The molecule has 1 aliphatic rings. The number of aryl methyl sites for hydroxylation is 2. The van der Waals surface area contributed by atoms with E-state index < -0.39 is 0 Å². The molecule has 0 bridgehead atoms. The minimum atomic E-state index is 0.908. The fraction of sp³-hybridized carbons (Fsp3) is 0.235. The molecule has 96 valence electrons. The van der Waals surface area contributed by atoms with E-state index >= 15 is 0 Å². The lowest BCUT2D eigenvalue weighted by molar-refractivity contribution is 0.414. The number of allylic oxidation sites excluding steroid dienone is 1. The highest BCUT2D eigenvalue weighted by atomic mass is 16.5. The smallest absolute Gasteiger partial charge is 0.118 e. The Hall–Kier alpha value is -2.09. The molecule has 0 saturated carbocycles. The van der Waals surface area contributed by atoms with Crippen molar-refractivity contribution in [1.29, 1.82) is 0 Å². The van der Waals surface area contributed by atoms with Crippen molar-refractivity contribution in [2.24, 2.45) is 0 Å². The molecule has 0 aliphatic heterocycles. The Morgan fingerprint density at radius 1 is 1.05 bits per heavy atom. The zero-order valence-electron chi connectivity index (χ0n) is 11.1. The molecule has 2 aromatic rings. The van der Waals surface area contributed by atoms with Crippen LogP contribution in [-0.2, 0) is 19.3 Å². The van der Waals surface area contributed by atoms with E-state index in [4.69, 9.17) is 9.72 Å². The largest absolute Gasteiger partial charge is 0.497 e. The van der Waals surface area contributed by atoms with Crippen molar-refractivity contribution in [3.63, 3.8) is 0 Å². The first-order chi connectivity index (χ1) is 9.35. The molecule has 2 nitrogen and oxygen atoms in total. The molecule has 0 unspecified atom stereocenters. The average molecular weight is 251 g/mol. The predicted molar refractivity (Wildman–Crippen MR) is 77.4 cm³/mol. The number of fused-ring (bicyclic) bond motifs is 1. The molecular formula is C17H17NO. The van der Waals surface area contributed by atoms with Crippen LogP contribution in [0.1, 0.15) is 22.5 Å². The summed E-state index contributed by atoms with van der Waals surface area (Å²) in [7, 11) is 1.69. The van der Waals surface area contributed by atoms with Gasteiger partial charge in [-0.2, -0.15) is 0 Å². The summed E-state index contributed by atoms with van der Waals surface area (Å²) in [6, 6.07) is 12.6. The van der Waals surface area contributed by atoms with Crippen LogP contribution in [0.3, 0.4) is 0 Å². The lowest BCUT2D eigenvalue weighted by atomic mass is 10.1. The van der Waals surface area contributed by atoms with Gasteiger partial charge in [0.05, 0.1) is 12.8 Å². The van der Waals surface area contributed by atoms with E-state index in [1.165, 1.54) is 22.5 Å². The predicted octanol–water partition coefficient (Wildman–Crippen LogP) is 3.44. The number of hydrogen-bond donors (Lipinski definition) is 0. The van der Waals surface area contributed by atoms with E-state index in [2.05, 4.69) is 36.4 Å². The third kappa shape index (κ3) is 2.68. The Balaban J connectivity index is 1.65. The van der Waals surface area contributed by atoms with E-state index in [-0.39, 0.29) is 0 Å². The Morgan fingerprint density at radius 3 is 2.68 bits per heavy atom. The summed E-state index contributed by atoms with van der Waals surface area (Å²) in [6.07, 6.45) is 7.30. The summed E-state index contributed by atoms with van der Waals surface area (Å²) >= 11 is 0. The molecular weight excluding hydrogens is 234 g/mol. The van der Waals surface area contributed by atoms with Gasteiger partial charge >= 0.3 is 0 Å². The van der Waals surface area contributed by atoms with Crippen molar-refractivity contribution in [1.82, 2.24) is 4.98 Å². The van der Waals surface area contributed by atoms with Crippen molar-refractivity contribution >= 4 is 6.08 Å². The van der Waals surface area contributed by atoms with Crippen LogP contribution in [0.2, 0.25) is 0 Å². The van der Waals surface area contributed by atoms with Gasteiger partial charge in [-0.3, -0.25) is 4.98 Å². The van der Waals surface area contributed by atoms with Gasteiger partial charge in [-0.1, -0.05) is 30.4 Å². The van der Waals surface area contributed by atoms with Gasteiger partial charge in [0.25, 0.3) is 0 Å². The van der Waals surface area contributed by atoms with Crippen LogP contribution in [-0.4, -0.2) is 12.1 Å². The number of methoxy groups -OCH3 is 1. The van der Waals surface area contributed by atoms with Crippen LogP contribution in [0.5, 0.6) is 5.75 Å². The summed E-state index contributed by atoms with van der Waals surface area (Å²) in [5.41, 5.74) is 4.99. The molecule has 0 fully saturated rings. The van der Waals surface area contributed by atoms with Crippen LogP contribution in [0.15, 0.2) is 42.5 Å². The molecule has 0 spiro atoms. The van der Waals surface area contributed by atoms with Gasteiger partial charge in [0, 0.05) is 12.1 Å². The van der Waals surface area contributed by atoms with E-state index in [9.17, 15) is 0 Å². The maximum absolute atomic E-state index is 5.16. The van der Waals surface area contributed by atoms with Crippen molar-refractivity contribution in [2.45, 2.75) is 19.3 Å². The number of ether oxygens (including phenoxy) is 1. The molecule has 19 heavy (non-hydrogen) atoms. The average Bonchev–Trinajstić information content (AvgIpc) is 2.93. The summed E-state index contributed by atoms with van der Waals surface area (Å²) in [4.78, 5) is 4.71. The molecule has 0 atom stereocenters. The second kappa shape index (κ2) is 5.27. The van der Waals surface area contributed by atoms with Crippen LogP contribution in [0.4, 0.5) is 0 Å². The minimum Gasteiger partial charge on any atom is -0.497 e. The first-order valence-corrected chi connectivity index (χ1v) is 6.63. The van der Waals surface area contributed by atoms with Gasteiger partial charge < -0.3 is 4.74 Å². The van der Waals surface area contributed by atoms with Gasteiger partial charge in [-0.25, -0.2) is 0 Å². The lowest BCUT2D eigenvalue weighted by Crippen LogP contribution is -1.98. The standard InChI is InChI=1S/C17H17NO/c1-19-16-11-6-13(7-12-16)5-9-15-10-8-14-3-2-4-17(14)18-15/h2-3,6-8,10-12H,4-5,9H2,1H3. The van der Waals surface area contributed by atoms with Crippen LogP contribution >= 0.6 is 0 Å². The fourth-order valence-corrected chi connectivity index (χ4v) is 2.37. The molecule has 0 radical (unpaired) electrons. The van der Waals surface area contributed by atoms with Gasteiger partial charge in [0.15, 0.2) is 0 Å². The van der Waals surface area contributed by atoms with Crippen molar-refractivity contribution in [3.8, 4) is 5.75 Å². The summed E-state index contributed by atoms with van der Waals surface area (Å²) in [5.74, 6) is 0.908. The van der Waals surface area contributed by atoms with Crippen LogP contribution in [0.25, 0.3) is 6.08 Å². The quantitative estimate of drug-likeness (QED) is 0.830. The Morgan fingerprint density at radius 2 is 1.89 bits per heavy atom. The van der Waals surface area contributed by atoms with Gasteiger partial charge in [-0.15, -0.1) is 0 Å². The normalized spacial score (nSPS) is 12.5. The number of rotatable bonds is 4. The van der Waals surface area contributed by atoms with Crippen LogP contribution in [0, 0.1) is 0 Å². The van der Waals surface area contributed by atoms with Gasteiger partial charge in [-0.05, 0) is 42.2 Å². The monoisotopic (exact) mass is 251 g/mol. The van der Waals surface area contributed by atoms with Crippen molar-refractivity contribution in [3.05, 3.63) is 65.0 Å². The maximum Gasteiger partial charge on any atom is 0.118 e. The first-order valence-electron chi connectivity index (χ1n) is 6.63. The lowest BCUT2D eigenvalue weighted by Gasteiger charge is -2.05. The van der Waals surface area contributed by atoms with E-state index in [1.54, 1.807) is 7.11 Å². The number of aromatic nitrogens is 1. The van der Waals surface area contributed by atoms with Crippen LogP contribution < -0.4 is 4.74 Å². The number of pyridine rings is 1. The molecule has 1 aliphatic carbocycles. The molecule has 1 aromatic carbocycles. The molecule has 0 N–H and O–H groups in total. The molecule has 2 heteroatoms. The van der Waals surface area contributed by atoms with E-state index in [0.717, 1.165) is 25.0 Å². The third-order valence-electron chi connectivity index (χ3n) is 3.50. The SMILES string of the molecule is COc1ccc(CCc2ccc3c(n2)CC=C3)cc1. The molecule has 0 saturated heterocycles. The third-order valence-corrected chi connectivity index (χ3v) is 3.50. The highest BCUT2D eigenvalue weighted by Crippen LogP contribution is 2.18. The fourth-order valence-electron chi connectivity index (χ4n) is 2.37. The second-order valence-electron chi connectivity index (χ2n) is 4.79. The number of hydrogen-bond acceptors (Lipinski definition) is 2. The Kier molecular flexibility index (Phi) is 3.32. The topological polar surface area (TPSA) is 22.1 Å². The summed E-state index contributed by atoms with van der Waals surface area (Å²) < 4.78 is 5.16. The first kappa shape index (κ1) is 12.0. The highest BCUT2D eigenvalue weighted by molar-refractivity contribution is 5.57. The minimum absolute atomic E-state index is 0.908. The molecule has 3 rings (SSSR count). The Labute approximate surface area is 113 Å². The molecule has 0 amide bonds. The van der Waals surface area contributed by atoms with E-state index in [0.29, 0.717) is 0 Å². The van der Waals surface area contributed by atoms with Gasteiger partial charge in [0.1, 0.15) is 5.75 Å². The van der Waals surface area contributed by atoms with Gasteiger partial charge in [0.2, 0.25) is 0 Å². The van der Waals surface area contributed by atoms with E-state index in [1.807, 2.05) is 12.1 Å². The maximum atomic E-state index is 5.16. The van der Waals surface area contributed by atoms with Crippen molar-refractivity contribution in [2.75, 3.05) is 7.11 Å². The molecule has 1 aromatic heterocycles. The summed E-state index contributed by atoms with van der Waals surface area (Å²) in [5, 5.41) is 0. The number of benzene rings is 1. The zero-order chi connectivity index (χ0) is 13.1. The second-order valence-corrected chi connectivity index (χ2v) is 4.79. The Bertz CT molecular complexity index is 599. The zero-order valence-corrected chi connectivity index (χ0v) is 11.1. The molecule has 1 heterocycles.